The van der Waals surface area contributed by atoms with E-state index in [0.717, 1.165) is 28.8 Å². The summed E-state index contributed by atoms with van der Waals surface area (Å²) in [6.45, 7) is 1.82. The van der Waals surface area contributed by atoms with Crippen molar-refractivity contribution in [3.63, 3.8) is 0 Å². The third kappa shape index (κ3) is 5.60. The molecule has 1 aromatic carbocycles. The van der Waals surface area contributed by atoms with Gasteiger partial charge in [-0.2, -0.15) is 0 Å². The number of nitrogens with two attached hydrogens (primary N) is 1. The first-order valence-corrected chi connectivity index (χ1v) is 8.93. The number of carbonyl (C=O) groups is 3. The van der Waals surface area contributed by atoms with Crippen LogP contribution in [0, 0.1) is 0 Å². The Morgan fingerprint density at radius 2 is 1.96 bits per heavy atom. The van der Waals surface area contributed by atoms with Gasteiger partial charge in [0.2, 0.25) is 11.8 Å². The summed E-state index contributed by atoms with van der Waals surface area (Å²) < 4.78 is 45.1. The molecule has 0 bridgehead atoms. The SMILES string of the molecule is CCOC(=O)[C@@H](N)CS[C@@H]1CC(=O)N(c2ccc(OC(F)(F)F)cc2)C1=O. The highest BCUT2D eigenvalue weighted by atomic mass is 32.2. The van der Waals surface area contributed by atoms with Gasteiger partial charge < -0.3 is 15.2 Å². The van der Waals surface area contributed by atoms with Gasteiger partial charge in [0.15, 0.2) is 0 Å². The van der Waals surface area contributed by atoms with Crippen molar-refractivity contribution in [3.8, 4) is 5.75 Å². The number of imide groups is 1. The molecule has 2 atom stereocenters. The molecule has 1 saturated heterocycles. The van der Waals surface area contributed by atoms with Gasteiger partial charge in [-0.25, -0.2) is 4.90 Å². The molecule has 1 heterocycles. The molecule has 2 amide bonds. The highest BCUT2D eigenvalue weighted by Crippen LogP contribution is 2.31. The number of amides is 2. The number of esters is 1. The lowest BCUT2D eigenvalue weighted by molar-refractivity contribution is -0.274. The molecule has 1 aliphatic rings. The zero-order chi connectivity index (χ0) is 20.2. The summed E-state index contributed by atoms with van der Waals surface area (Å²) in [5.74, 6) is -1.98. The van der Waals surface area contributed by atoms with Crippen LogP contribution in [0.4, 0.5) is 18.9 Å². The number of rotatable bonds is 7. The Labute approximate surface area is 157 Å². The van der Waals surface area contributed by atoms with Gasteiger partial charge in [-0.05, 0) is 31.2 Å². The number of thioether (sulfide) groups is 1. The van der Waals surface area contributed by atoms with Gasteiger partial charge in [0.1, 0.15) is 11.8 Å². The number of halogens is 3. The fraction of sp³-hybridized carbons (Fsp3) is 0.438. The van der Waals surface area contributed by atoms with Gasteiger partial charge in [-0.3, -0.25) is 14.4 Å². The molecule has 0 spiro atoms. The summed E-state index contributed by atoms with van der Waals surface area (Å²) in [6.07, 6.45) is -4.93. The molecule has 2 N–H and O–H groups in total. The molecule has 1 fully saturated rings. The van der Waals surface area contributed by atoms with Crippen molar-refractivity contribution in [2.24, 2.45) is 5.73 Å². The normalized spacial score (nSPS) is 18.6. The first kappa shape index (κ1) is 21.0. The van der Waals surface area contributed by atoms with Crippen molar-refractivity contribution >= 4 is 35.2 Å². The molecule has 0 aromatic heterocycles. The fourth-order valence-corrected chi connectivity index (χ4v) is 3.42. The average Bonchev–Trinajstić information content (AvgIpc) is 2.86. The monoisotopic (exact) mass is 406 g/mol. The van der Waals surface area contributed by atoms with Crippen LogP contribution in [0.5, 0.6) is 5.75 Å². The molecular formula is C16H17F3N2O5S. The third-order valence-electron chi connectivity index (χ3n) is 3.50. The maximum absolute atomic E-state index is 12.5. The van der Waals surface area contributed by atoms with E-state index < -0.39 is 41.2 Å². The van der Waals surface area contributed by atoms with E-state index in [1.165, 1.54) is 12.1 Å². The lowest BCUT2D eigenvalue weighted by Gasteiger charge is -2.16. The van der Waals surface area contributed by atoms with E-state index in [2.05, 4.69) is 4.74 Å². The smallest absolute Gasteiger partial charge is 0.465 e. The summed E-state index contributed by atoms with van der Waals surface area (Å²) in [7, 11) is 0. The minimum Gasteiger partial charge on any atom is -0.465 e. The van der Waals surface area contributed by atoms with Crippen LogP contribution in [0.25, 0.3) is 0 Å². The number of alkyl halides is 3. The van der Waals surface area contributed by atoms with E-state index in [1.54, 1.807) is 6.92 Å². The molecule has 0 saturated carbocycles. The second-order valence-electron chi connectivity index (χ2n) is 5.49. The van der Waals surface area contributed by atoms with Crippen molar-refractivity contribution in [1.29, 1.82) is 0 Å². The fourth-order valence-electron chi connectivity index (χ4n) is 2.34. The van der Waals surface area contributed by atoms with Crippen LogP contribution in [0.3, 0.4) is 0 Å². The number of hydrogen-bond acceptors (Lipinski definition) is 7. The number of anilines is 1. The van der Waals surface area contributed by atoms with Crippen molar-refractivity contribution in [2.75, 3.05) is 17.3 Å². The van der Waals surface area contributed by atoms with Crippen LogP contribution in [-0.4, -0.2) is 47.8 Å². The second kappa shape index (κ2) is 8.61. The summed E-state index contributed by atoms with van der Waals surface area (Å²) in [4.78, 5) is 37.0. The Balaban J connectivity index is 2.00. The molecule has 0 radical (unpaired) electrons. The van der Waals surface area contributed by atoms with Gasteiger partial charge in [0.25, 0.3) is 0 Å². The number of ether oxygens (including phenoxy) is 2. The number of hydrogen-bond donors (Lipinski definition) is 1. The van der Waals surface area contributed by atoms with E-state index in [0.29, 0.717) is 0 Å². The highest BCUT2D eigenvalue weighted by Gasteiger charge is 2.40. The molecule has 2 rings (SSSR count). The van der Waals surface area contributed by atoms with Crippen LogP contribution in [0.1, 0.15) is 13.3 Å². The maximum atomic E-state index is 12.5. The molecule has 7 nitrogen and oxygen atoms in total. The number of nitrogens with zero attached hydrogens (tertiary/aromatic N) is 1. The van der Waals surface area contributed by atoms with Gasteiger partial charge in [-0.1, -0.05) is 0 Å². The Morgan fingerprint density at radius 3 is 2.52 bits per heavy atom. The van der Waals surface area contributed by atoms with Crippen molar-refractivity contribution in [1.82, 2.24) is 0 Å². The number of benzene rings is 1. The topological polar surface area (TPSA) is 98.9 Å². The quantitative estimate of drug-likeness (QED) is 0.545. The summed E-state index contributed by atoms with van der Waals surface area (Å²) >= 11 is 1.06. The Bertz CT molecular complexity index is 711. The minimum absolute atomic E-state index is 0.0920. The van der Waals surface area contributed by atoms with Crippen LogP contribution < -0.4 is 15.4 Å². The van der Waals surface area contributed by atoms with E-state index in [4.69, 9.17) is 10.5 Å². The van der Waals surface area contributed by atoms with Crippen molar-refractivity contribution in [2.45, 2.75) is 31.0 Å². The van der Waals surface area contributed by atoms with Crippen LogP contribution in [0.2, 0.25) is 0 Å². The molecular weight excluding hydrogens is 389 g/mol. The molecule has 11 heteroatoms. The zero-order valence-electron chi connectivity index (χ0n) is 14.2. The molecule has 148 valence electrons. The molecule has 1 aliphatic heterocycles. The summed E-state index contributed by atoms with van der Waals surface area (Å²) in [6, 6.07) is 3.48. The van der Waals surface area contributed by atoms with E-state index in [-0.39, 0.29) is 24.5 Å². The largest absolute Gasteiger partial charge is 0.573 e. The third-order valence-corrected chi connectivity index (χ3v) is 4.82. The minimum atomic E-state index is -4.83. The lowest BCUT2D eigenvalue weighted by Crippen LogP contribution is -2.36. The van der Waals surface area contributed by atoms with Gasteiger partial charge in [-0.15, -0.1) is 24.9 Å². The Kier molecular flexibility index (Phi) is 6.71. The second-order valence-corrected chi connectivity index (χ2v) is 6.73. The van der Waals surface area contributed by atoms with Gasteiger partial charge >= 0.3 is 12.3 Å². The highest BCUT2D eigenvalue weighted by molar-refractivity contribution is 8.00. The van der Waals surface area contributed by atoms with Crippen LogP contribution in [-0.2, 0) is 19.1 Å². The van der Waals surface area contributed by atoms with Gasteiger partial charge in [0.05, 0.1) is 17.5 Å². The zero-order valence-corrected chi connectivity index (χ0v) is 15.0. The van der Waals surface area contributed by atoms with E-state index in [1.807, 2.05) is 0 Å². The Morgan fingerprint density at radius 1 is 1.33 bits per heavy atom. The van der Waals surface area contributed by atoms with Crippen LogP contribution in [0.15, 0.2) is 24.3 Å². The maximum Gasteiger partial charge on any atom is 0.573 e. The summed E-state index contributed by atoms with van der Waals surface area (Å²) in [5, 5.41) is -0.732. The van der Waals surface area contributed by atoms with E-state index >= 15 is 0 Å². The predicted octanol–water partition coefficient (Wildman–Crippen LogP) is 1.84. The first-order valence-electron chi connectivity index (χ1n) is 7.88. The van der Waals surface area contributed by atoms with Crippen molar-refractivity contribution in [3.05, 3.63) is 24.3 Å². The molecule has 27 heavy (non-hydrogen) atoms. The standard InChI is InChI=1S/C16H17F3N2O5S/c1-2-25-15(24)11(20)8-27-12-7-13(22)21(14(12)23)9-3-5-10(6-4-9)26-16(17,18)19/h3-6,11-12H,2,7-8,20H2,1H3/t11-,12+/m0/s1. The first-order chi connectivity index (χ1) is 12.6. The van der Waals surface area contributed by atoms with Crippen molar-refractivity contribution < 1.29 is 37.0 Å². The lowest BCUT2D eigenvalue weighted by atomic mass is 10.3. The van der Waals surface area contributed by atoms with Crippen LogP contribution >= 0.6 is 11.8 Å². The summed E-state index contributed by atoms with van der Waals surface area (Å²) in [5.41, 5.74) is 5.80. The average molecular weight is 406 g/mol. The molecule has 0 unspecified atom stereocenters. The number of carbonyl (C=O) groups excluding carboxylic acids is 3. The van der Waals surface area contributed by atoms with Gasteiger partial charge in [0, 0.05) is 12.2 Å². The molecule has 1 aromatic rings. The Hall–Kier alpha value is -2.27. The molecule has 0 aliphatic carbocycles. The predicted molar refractivity (Wildman–Crippen MR) is 91.1 cm³/mol. The van der Waals surface area contributed by atoms with E-state index in [9.17, 15) is 27.6 Å².